The third-order valence-corrected chi connectivity index (χ3v) is 7.80. The van der Waals surface area contributed by atoms with Gasteiger partial charge in [0, 0.05) is 23.9 Å². The van der Waals surface area contributed by atoms with E-state index in [0.717, 1.165) is 5.56 Å². The normalized spacial score (nSPS) is 16.9. The van der Waals surface area contributed by atoms with Crippen LogP contribution in [-0.4, -0.2) is 51.8 Å². The first-order valence-corrected chi connectivity index (χ1v) is 13.2. The van der Waals surface area contributed by atoms with Crippen LogP contribution < -0.4 is 19.7 Å². The van der Waals surface area contributed by atoms with Gasteiger partial charge in [-0.2, -0.15) is 0 Å². The Morgan fingerprint density at radius 2 is 1.97 bits per heavy atom. The number of rotatable bonds is 7. The summed E-state index contributed by atoms with van der Waals surface area (Å²) in [5.41, 5.74) is 1.25. The number of benzene rings is 2. The zero-order valence-corrected chi connectivity index (χ0v) is 20.6. The molecule has 2 aromatic carbocycles. The molecule has 0 bridgehead atoms. The molecule has 1 N–H and O–H groups in total. The molecule has 1 atom stereocenters. The molecule has 4 rings (SSSR count). The Hall–Kier alpha value is -2.59. The van der Waals surface area contributed by atoms with Crippen LogP contribution in [0.1, 0.15) is 25.3 Å². The fraction of sp³-hybridized carbons (Fsp3) is 0.391. The smallest absolute Gasteiger partial charge is 0.226 e. The van der Waals surface area contributed by atoms with Crippen molar-refractivity contribution in [2.24, 2.45) is 0 Å². The molecule has 33 heavy (non-hydrogen) atoms. The van der Waals surface area contributed by atoms with E-state index in [2.05, 4.69) is 21.2 Å². The van der Waals surface area contributed by atoms with Crippen molar-refractivity contribution in [1.82, 2.24) is 5.32 Å². The molecule has 2 heterocycles. The molecular weight excluding hydrogens is 512 g/mol. The number of para-hydroxylation sites is 2. The number of ether oxygens (including phenoxy) is 2. The molecule has 0 aromatic heterocycles. The van der Waals surface area contributed by atoms with E-state index in [4.69, 9.17) is 9.47 Å². The predicted molar refractivity (Wildman–Crippen MR) is 127 cm³/mol. The molecule has 0 radical (unpaired) electrons. The van der Waals surface area contributed by atoms with Crippen LogP contribution in [0.25, 0.3) is 0 Å². The van der Waals surface area contributed by atoms with E-state index in [9.17, 15) is 18.0 Å². The first-order chi connectivity index (χ1) is 15.8. The number of nitrogens with zero attached hydrogens (tertiary/aromatic N) is 1. The van der Waals surface area contributed by atoms with Gasteiger partial charge in [0.25, 0.3) is 0 Å². The summed E-state index contributed by atoms with van der Waals surface area (Å²) in [7, 11) is -3.80. The van der Waals surface area contributed by atoms with Gasteiger partial charge in [0.05, 0.1) is 22.9 Å². The monoisotopic (exact) mass is 536 g/mol. The molecular formula is C23H25BrN2O6S. The fourth-order valence-corrected chi connectivity index (χ4v) is 6.14. The van der Waals surface area contributed by atoms with E-state index >= 15 is 0 Å². The van der Waals surface area contributed by atoms with Crippen LogP contribution in [0.2, 0.25) is 0 Å². The number of anilines is 1. The number of amides is 2. The summed E-state index contributed by atoms with van der Waals surface area (Å²) >= 11 is 3.37. The number of halogens is 1. The van der Waals surface area contributed by atoms with E-state index in [1.807, 2.05) is 24.3 Å². The first kappa shape index (κ1) is 23.6. The van der Waals surface area contributed by atoms with Crippen molar-refractivity contribution in [1.29, 1.82) is 0 Å². The highest BCUT2D eigenvalue weighted by Gasteiger charge is 2.32. The van der Waals surface area contributed by atoms with Gasteiger partial charge in [-0.15, -0.1) is 0 Å². The third kappa shape index (κ3) is 5.16. The maximum Gasteiger partial charge on any atom is 0.226 e. The molecule has 0 unspecified atom stereocenters. The van der Waals surface area contributed by atoms with Crippen molar-refractivity contribution in [3.63, 3.8) is 0 Å². The molecule has 0 spiro atoms. The van der Waals surface area contributed by atoms with E-state index in [-0.39, 0.29) is 42.0 Å². The molecule has 2 aromatic rings. The van der Waals surface area contributed by atoms with Crippen LogP contribution in [-0.2, 0) is 25.8 Å². The summed E-state index contributed by atoms with van der Waals surface area (Å²) in [4.78, 5) is 26.4. The van der Waals surface area contributed by atoms with Crippen molar-refractivity contribution in [2.45, 2.75) is 37.2 Å². The van der Waals surface area contributed by atoms with Crippen LogP contribution >= 0.6 is 15.9 Å². The van der Waals surface area contributed by atoms with E-state index in [1.54, 1.807) is 13.0 Å². The summed E-state index contributed by atoms with van der Waals surface area (Å²) in [6.45, 7) is 2.70. The van der Waals surface area contributed by atoms with Crippen molar-refractivity contribution in [2.75, 3.05) is 30.3 Å². The van der Waals surface area contributed by atoms with Crippen molar-refractivity contribution < 1.29 is 27.5 Å². The summed E-state index contributed by atoms with van der Waals surface area (Å²) < 4.78 is 38.4. The van der Waals surface area contributed by atoms with Gasteiger partial charge in [-0.05, 0) is 36.2 Å². The minimum atomic E-state index is -3.80. The second kappa shape index (κ2) is 9.72. The zero-order valence-electron chi connectivity index (χ0n) is 18.2. The van der Waals surface area contributed by atoms with Gasteiger partial charge >= 0.3 is 0 Å². The van der Waals surface area contributed by atoms with E-state index < -0.39 is 15.7 Å². The van der Waals surface area contributed by atoms with Gasteiger partial charge in [-0.1, -0.05) is 35.0 Å². The van der Waals surface area contributed by atoms with Crippen LogP contribution in [0.3, 0.4) is 0 Å². The summed E-state index contributed by atoms with van der Waals surface area (Å²) in [5.74, 6) is 0.389. The molecule has 2 aliphatic heterocycles. The van der Waals surface area contributed by atoms with Gasteiger partial charge < -0.3 is 19.7 Å². The highest BCUT2D eigenvalue weighted by Crippen LogP contribution is 2.38. The van der Waals surface area contributed by atoms with Crippen LogP contribution in [0.4, 0.5) is 5.69 Å². The zero-order chi connectivity index (χ0) is 23.6. The van der Waals surface area contributed by atoms with Gasteiger partial charge in [-0.3, -0.25) is 9.59 Å². The lowest BCUT2D eigenvalue weighted by Crippen LogP contribution is -2.41. The van der Waals surface area contributed by atoms with Crippen LogP contribution in [0.15, 0.2) is 45.8 Å². The first-order valence-electron chi connectivity index (χ1n) is 10.8. The highest BCUT2D eigenvalue weighted by atomic mass is 79.9. The lowest BCUT2D eigenvalue weighted by Gasteiger charge is -2.26. The SMILES string of the molecule is CCC(=O)N1CCc2cc(Br)cc(S(=O)(=O)CCC(=O)NC[C@@H]3COc4ccccc4O3)c21. The van der Waals surface area contributed by atoms with Crippen LogP contribution in [0.5, 0.6) is 11.5 Å². The topological polar surface area (TPSA) is 102 Å². The average molecular weight is 537 g/mol. The lowest BCUT2D eigenvalue weighted by molar-refractivity contribution is -0.121. The van der Waals surface area contributed by atoms with Gasteiger partial charge in [0.1, 0.15) is 12.7 Å². The Kier molecular flexibility index (Phi) is 6.94. The van der Waals surface area contributed by atoms with Gasteiger partial charge in [-0.25, -0.2) is 8.42 Å². The van der Waals surface area contributed by atoms with E-state index in [0.29, 0.717) is 41.2 Å². The Bertz CT molecular complexity index is 1180. The van der Waals surface area contributed by atoms with Crippen molar-refractivity contribution in [3.05, 3.63) is 46.4 Å². The van der Waals surface area contributed by atoms with Crippen molar-refractivity contribution in [3.8, 4) is 11.5 Å². The number of fused-ring (bicyclic) bond motifs is 2. The number of sulfone groups is 1. The second-order valence-corrected chi connectivity index (χ2v) is 10.9. The predicted octanol–water partition coefficient (Wildman–Crippen LogP) is 2.87. The Morgan fingerprint density at radius 1 is 1.21 bits per heavy atom. The molecule has 8 nitrogen and oxygen atoms in total. The summed E-state index contributed by atoms with van der Waals surface area (Å²) in [6.07, 6.45) is 0.322. The molecule has 0 saturated heterocycles. The van der Waals surface area contributed by atoms with Crippen LogP contribution in [0, 0.1) is 0 Å². The number of nitrogens with one attached hydrogen (secondary N) is 1. The largest absolute Gasteiger partial charge is 0.486 e. The van der Waals surface area contributed by atoms with Crippen molar-refractivity contribution >= 4 is 43.3 Å². The van der Waals surface area contributed by atoms with Gasteiger partial charge in [0.15, 0.2) is 21.3 Å². The Morgan fingerprint density at radius 3 is 2.73 bits per heavy atom. The molecule has 0 fully saturated rings. The summed E-state index contributed by atoms with van der Waals surface area (Å²) in [6, 6.07) is 10.6. The fourth-order valence-electron chi connectivity index (χ4n) is 3.96. The molecule has 2 amide bonds. The maximum absolute atomic E-state index is 13.2. The number of carbonyl (C=O) groups is 2. The average Bonchev–Trinajstić information content (AvgIpc) is 3.23. The summed E-state index contributed by atoms with van der Waals surface area (Å²) in [5, 5.41) is 2.72. The number of hydrogen-bond donors (Lipinski definition) is 1. The lowest BCUT2D eigenvalue weighted by atomic mass is 10.2. The Labute approximate surface area is 201 Å². The highest BCUT2D eigenvalue weighted by molar-refractivity contribution is 9.10. The van der Waals surface area contributed by atoms with E-state index in [1.165, 1.54) is 11.0 Å². The quantitative estimate of drug-likeness (QED) is 0.583. The molecule has 2 aliphatic rings. The molecule has 176 valence electrons. The minimum Gasteiger partial charge on any atom is -0.486 e. The number of carbonyl (C=O) groups excluding carboxylic acids is 2. The molecule has 0 saturated carbocycles. The number of hydrogen-bond acceptors (Lipinski definition) is 6. The maximum atomic E-state index is 13.2. The minimum absolute atomic E-state index is 0.0830. The third-order valence-electron chi connectivity index (χ3n) is 5.62. The van der Waals surface area contributed by atoms with Gasteiger partial charge in [0.2, 0.25) is 11.8 Å². The molecule has 10 heteroatoms. The Balaban J connectivity index is 1.39. The second-order valence-electron chi connectivity index (χ2n) is 7.93. The molecule has 0 aliphatic carbocycles. The standard InChI is InChI=1S/C23H25BrN2O6S/c1-2-22(28)26-9-7-15-11-16(24)12-20(23(15)26)33(29,30)10-8-21(27)25-13-17-14-31-18-5-3-4-6-19(18)32-17/h3-6,11-12,17H,2,7-10,13-14H2,1H3,(H,25,27)/t17-/m1/s1.